The number of hydrogen-bond donors (Lipinski definition) is 2. The highest BCUT2D eigenvalue weighted by Crippen LogP contribution is 2.12. The van der Waals surface area contributed by atoms with Gasteiger partial charge in [-0.1, -0.05) is 0 Å². The maximum Gasteiger partial charge on any atom is 0.244 e. The largest absolute Gasteiger partial charge is 0.368 e. The Balaban J connectivity index is 1.94. The SMILES string of the molecule is CC(Nc1ccnc(N)n1)C(=O)N1CCCCC1. The van der Waals surface area contributed by atoms with Gasteiger partial charge in [0.2, 0.25) is 11.9 Å². The lowest BCUT2D eigenvalue weighted by Crippen LogP contribution is -2.44. The van der Waals surface area contributed by atoms with Crippen molar-refractivity contribution in [3.63, 3.8) is 0 Å². The van der Waals surface area contributed by atoms with Crippen molar-refractivity contribution < 1.29 is 4.79 Å². The molecule has 0 aromatic carbocycles. The van der Waals surface area contributed by atoms with Gasteiger partial charge in [0.25, 0.3) is 0 Å². The maximum absolute atomic E-state index is 12.2. The zero-order valence-corrected chi connectivity index (χ0v) is 10.6. The van der Waals surface area contributed by atoms with Crippen LogP contribution in [-0.2, 0) is 4.79 Å². The number of piperidine rings is 1. The first-order valence-electron chi connectivity index (χ1n) is 6.30. The molecule has 0 aliphatic carbocycles. The summed E-state index contributed by atoms with van der Waals surface area (Å²) in [6.45, 7) is 3.56. The predicted molar refractivity (Wildman–Crippen MR) is 70.0 cm³/mol. The second-order valence-electron chi connectivity index (χ2n) is 4.55. The van der Waals surface area contributed by atoms with Crippen molar-refractivity contribution in [3.8, 4) is 0 Å². The third kappa shape index (κ3) is 3.09. The summed E-state index contributed by atoms with van der Waals surface area (Å²) in [7, 11) is 0. The van der Waals surface area contributed by atoms with Crippen LogP contribution in [0.1, 0.15) is 26.2 Å². The summed E-state index contributed by atoms with van der Waals surface area (Å²) in [5.74, 6) is 0.907. The number of amides is 1. The number of anilines is 2. The third-order valence-electron chi connectivity index (χ3n) is 3.08. The summed E-state index contributed by atoms with van der Waals surface area (Å²) in [5, 5.41) is 3.06. The number of likely N-dealkylation sites (tertiary alicyclic amines) is 1. The minimum Gasteiger partial charge on any atom is -0.368 e. The van der Waals surface area contributed by atoms with Gasteiger partial charge in [-0.3, -0.25) is 4.79 Å². The summed E-state index contributed by atoms with van der Waals surface area (Å²) in [6, 6.07) is 1.41. The number of hydrogen-bond acceptors (Lipinski definition) is 5. The van der Waals surface area contributed by atoms with Crippen LogP contribution in [0, 0.1) is 0 Å². The van der Waals surface area contributed by atoms with Crippen LogP contribution >= 0.6 is 0 Å². The van der Waals surface area contributed by atoms with Crippen LogP contribution in [0.2, 0.25) is 0 Å². The molecule has 1 unspecified atom stereocenters. The monoisotopic (exact) mass is 249 g/mol. The lowest BCUT2D eigenvalue weighted by Gasteiger charge is -2.29. The first kappa shape index (κ1) is 12.6. The normalized spacial score (nSPS) is 17.3. The highest BCUT2D eigenvalue weighted by molar-refractivity contribution is 5.84. The maximum atomic E-state index is 12.2. The smallest absolute Gasteiger partial charge is 0.244 e. The summed E-state index contributed by atoms with van der Waals surface area (Å²) >= 11 is 0. The Morgan fingerprint density at radius 2 is 2.17 bits per heavy atom. The molecule has 1 aliphatic heterocycles. The predicted octanol–water partition coefficient (Wildman–Crippen LogP) is 0.872. The molecule has 6 heteroatoms. The molecule has 98 valence electrons. The Morgan fingerprint density at radius 3 is 2.83 bits per heavy atom. The Kier molecular flexibility index (Phi) is 3.96. The quantitative estimate of drug-likeness (QED) is 0.830. The zero-order chi connectivity index (χ0) is 13.0. The van der Waals surface area contributed by atoms with E-state index in [1.165, 1.54) is 6.42 Å². The number of nitrogen functional groups attached to an aromatic ring is 1. The molecule has 1 atom stereocenters. The number of rotatable bonds is 3. The molecule has 6 nitrogen and oxygen atoms in total. The minimum absolute atomic E-state index is 0.117. The average molecular weight is 249 g/mol. The van der Waals surface area contributed by atoms with Gasteiger partial charge in [-0.15, -0.1) is 0 Å². The van der Waals surface area contributed by atoms with Crippen molar-refractivity contribution in [2.24, 2.45) is 0 Å². The molecule has 0 bridgehead atoms. The Hall–Kier alpha value is -1.85. The second kappa shape index (κ2) is 5.66. The summed E-state index contributed by atoms with van der Waals surface area (Å²) < 4.78 is 0. The summed E-state index contributed by atoms with van der Waals surface area (Å²) in [6.07, 6.45) is 4.98. The molecule has 1 aromatic heterocycles. The van der Waals surface area contributed by atoms with Gasteiger partial charge in [-0.25, -0.2) is 4.98 Å². The van der Waals surface area contributed by atoms with E-state index in [9.17, 15) is 4.79 Å². The molecule has 0 radical (unpaired) electrons. The van der Waals surface area contributed by atoms with E-state index < -0.39 is 0 Å². The lowest BCUT2D eigenvalue weighted by molar-refractivity contribution is -0.132. The fourth-order valence-corrected chi connectivity index (χ4v) is 2.13. The van der Waals surface area contributed by atoms with E-state index in [-0.39, 0.29) is 17.9 Å². The van der Waals surface area contributed by atoms with Gasteiger partial charge in [0.1, 0.15) is 11.9 Å². The number of carbonyl (C=O) groups excluding carboxylic acids is 1. The van der Waals surface area contributed by atoms with Crippen molar-refractivity contribution in [3.05, 3.63) is 12.3 Å². The summed E-state index contributed by atoms with van der Waals surface area (Å²) in [4.78, 5) is 21.9. The van der Waals surface area contributed by atoms with E-state index in [1.807, 2.05) is 11.8 Å². The van der Waals surface area contributed by atoms with E-state index in [0.717, 1.165) is 25.9 Å². The van der Waals surface area contributed by atoms with Gasteiger partial charge in [-0.05, 0) is 32.3 Å². The summed E-state index contributed by atoms with van der Waals surface area (Å²) in [5.41, 5.74) is 5.50. The van der Waals surface area contributed by atoms with Crippen LogP contribution in [0.5, 0.6) is 0 Å². The topological polar surface area (TPSA) is 84.1 Å². The standard InChI is InChI=1S/C12H19N5O/c1-9(11(18)17-7-3-2-4-8-17)15-10-5-6-14-12(13)16-10/h5-6,9H,2-4,7-8H2,1H3,(H3,13,14,15,16). The first-order valence-corrected chi connectivity index (χ1v) is 6.30. The molecular formula is C12H19N5O. The number of aromatic nitrogens is 2. The molecule has 1 fully saturated rings. The molecule has 0 spiro atoms. The van der Waals surface area contributed by atoms with Crippen LogP contribution in [0.25, 0.3) is 0 Å². The van der Waals surface area contributed by atoms with Gasteiger partial charge in [-0.2, -0.15) is 4.98 Å². The second-order valence-corrected chi connectivity index (χ2v) is 4.55. The van der Waals surface area contributed by atoms with E-state index >= 15 is 0 Å². The average Bonchev–Trinajstić information content (AvgIpc) is 2.39. The minimum atomic E-state index is -0.294. The fraction of sp³-hybridized carbons (Fsp3) is 0.583. The molecular weight excluding hydrogens is 230 g/mol. The molecule has 0 saturated carbocycles. The van der Waals surface area contributed by atoms with Crippen LogP contribution in [-0.4, -0.2) is 39.9 Å². The first-order chi connectivity index (χ1) is 8.66. The van der Waals surface area contributed by atoms with E-state index in [2.05, 4.69) is 15.3 Å². The fourth-order valence-electron chi connectivity index (χ4n) is 2.13. The molecule has 1 amide bonds. The third-order valence-corrected chi connectivity index (χ3v) is 3.08. The zero-order valence-electron chi connectivity index (χ0n) is 10.6. The van der Waals surface area contributed by atoms with Crippen LogP contribution < -0.4 is 11.1 Å². The van der Waals surface area contributed by atoms with E-state index in [0.29, 0.717) is 5.82 Å². The van der Waals surface area contributed by atoms with Crippen molar-refractivity contribution >= 4 is 17.7 Å². The Morgan fingerprint density at radius 1 is 1.44 bits per heavy atom. The van der Waals surface area contributed by atoms with Gasteiger partial charge < -0.3 is 16.0 Å². The van der Waals surface area contributed by atoms with Crippen LogP contribution in [0.15, 0.2) is 12.3 Å². The van der Waals surface area contributed by atoms with Crippen molar-refractivity contribution in [2.45, 2.75) is 32.2 Å². The van der Waals surface area contributed by atoms with Crippen molar-refractivity contribution in [1.29, 1.82) is 0 Å². The van der Waals surface area contributed by atoms with Gasteiger partial charge in [0.15, 0.2) is 0 Å². The molecule has 1 aliphatic rings. The van der Waals surface area contributed by atoms with Gasteiger partial charge in [0, 0.05) is 19.3 Å². The Labute approximate surface area is 107 Å². The molecule has 1 saturated heterocycles. The molecule has 2 heterocycles. The molecule has 3 N–H and O–H groups in total. The van der Waals surface area contributed by atoms with Crippen molar-refractivity contribution in [1.82, 2.24) is 14.9 Å². The highest BCUT2D eigenvalue weighted by atomic mass is 16.2. The van der Waals surface area contributed by atoms with Crippen LogP contribution in [0.4, 0.5) is 11.8 Å². The number of nitrogens with two attached hydrogens (primary N) is 1. The number of carbonyl (C=O) groups is 1. The molecule has 1 aromatic rings. The molecule has 2 rings (SSSR count). The lowest BCUT2D eigenvalue weighted by atomic mass is 10.1. The number of nitrogens with one attached hydrogen (secondary N) is 1. The Bertz CT molecular complexity index is 417. The highest BCUT2D eigenvalue weighted by Gasteiger charge is 2.22. The molecule has 18 heavy (non-hydrogen) atoms. The van der Waals surface area contributed by atoms with Crippen LogP contribution in [0.3, 0.4) is 0 Å². The van der Waals surface area contributed by atoms with E-state index in [1.54, 1.807) is 12.3 Å². The van der Waals surface area contributed by atoms with Gasteiger partial charge >= 0.3 is 0 Å². The number of nitrogens with zero attached hydrogens (tertiary/aromatic N) is 3. The van der Waals surface area contributed by atoms with E-state index in [4.69, 9.17) is 5.73 Å². The van der Waals surface area contributed by atoms with Gasteiger partial charge in [0.05, 0.1) is 0 Å². The van der Waals surface area contributed by atoms with Crippen molar-refractivity contribution in [2.75, 3.05) is 24.1 Å².